The van der Waals surface area contributed by atoms with Gasteiger partial charge in [0.2, 0.25) is 10.0 Å². The maximum Gasteiger partial charge on any atom is 0.419 e. The summed E-state index contributed by atoms with van der Waals surface area (Å²) in [5, 5.41) is 0.715. The number of hydrogen-bond acceptors (Lipinski definition) is 4. The summed E-state index contributed by atoms with van der Waals surface area (Å²) in [6.45, 7) is 2.73. The van der Waals surface area contributed by atoms with E-state index < -0.39 is 33.5 Å². The van der Waals surface area contributed by atoms with Crippen LogP contribution in [0.5, 0.6) is 0 Å². The number of amides is 1. The summed E-state index contributed by atoms with van der Waals surface area (Å²) in [5.41, 5.74) is 0.593. The summed E-state index contributed by atoms with van der Waals surface area (Å²) < 4.78 is 80.3. The average molecular weight is 687 g/mol. The van der Waals surface area contributed by atoms with E-state index in [2.05, 4.69) is 4.90 Å². The van der Waals surface area contributed by atoms with Crippen molar-refractivity contribution in [2.24, 2.45) is 0 Å². The summed E-state index contributed by atoms with van der Waals surface area (Å²) in [5.74, 6) is -2.34. The Labute approximate surface area is 270 Å². The van der Waals surface area contributed by atoms with E-state index in [0.717, 1.165) is 48.8 Å². The van der Waals surface area contributed by atoms with Crippen LogP contribution in [0.4, 0.5) is 23.2 Å². The van der Waals surface area contributed by atoms with Gasteiger partial charge in [0, 0.05) is 37.0 Å². The molecule has 0 N–H and O–H groups in total. The van der Waals surface area contributed by atoms with Gasteiger partial charge in [-0.15, -0.1) is 0 Å². The molecule has 0 bridgehead atoms. The number of carbonyl (C=O) groups is 1. The van der Waals surface area contributed by atoms with Gasteiger partial charge in [-0.25, -0.2) is 12.8 Å². The molecule has 1 fully saturated rings. The number of carbonyl (C=O) groups excluding carboxylic acids is 1. The van der Waals surface area contributed by atoms with Crippen molar-refractivity contribution in [1.82, 2.24) is 9.80 Å². The smallest absolute Gasteiger partial charge is 0.341 e. The number of benzene rings is 3. The molecule has 3 aromatic carbocycles. The number of likely N-dealkylation sites (tertiary alicyclic amines) is 1. The molecule has 5 rings (SSSR count). The summed E-state index contributed by atoms with van der Waals surface area (Å²) in [4.78, 5) is 16.8. The van der Waals surface area contributed by atoms with Crippen LogP contribution < -0.4 is 4.31 Å². The number of hydrogen-bond donors (Lipinski definition) is 0. The van der Waals surface area contributed by atoms with Gasteiger partial charge in [0.25, 0.3) is 5.91 Å². The third kappa shape index (κ3) is 7.11. The van der Waals surface area contributed by atoms with Crippen LogP contribution in [0.15, 0.2) is 60.7 Å². The molecule has 1 amide bonds. The minimum atomic E-state index is -4.93. The van der Waals surface area contributed by atoms with Crippen LogP contribution >= 0.6 is 23.2 Å². The standard InChI is InChI=1S/C32H33Cl2F4N3O3S/c1-39(30(42)22-8-10-28(35)25(17-22)32(36,37)38)19-23(21-7-9-26(33)27(34)18-21)11-14-40-15-12-31(13-16-40)20-41(45(2,43)44)29-6-4-3-5-24(29)31/h3-10,17-18,23H,11-16,19-20H2,1-2H3. The normalized spacial score (nSPS) is 17.4. The maximum absolute atomic E-state index is 13.8. The first-order chi connectivity index (χ1) is 21.1. The first kappa shape index (κ1) is 33.5. The number of fused-ring (bicyclic) bond motifs is 2. The van der Waals surface area contributed by atoms with E-state index in [1.807, 2.05) is 30.3 Å². The van der Waals surface area contributed by atoms with Gasteiger partial charge in [-0.1, -0.05) is 47.5 Å². The summed E-state index contributed by atoms with van der Waals surface area (Å²) in [6.07, 6.45) is -1.55. The number of anilines is 1. The Hall–Kier alpha value is -2.86. The zero-order chi connectivity index (χ0) is 32.7. The number of piperidine rings is 1. The van der Waals surface area contributed by atoms with Crippen LogP contribution in [-0.2, 0) is 21.6 Å². The van der Waals surface area contributed by atoms with Crippen LogP contribution in [0.3, 0.4) is 0 Å². The lowest BCUT2D eigenvalue weighted by molar-refractivity contribution is -0.140. The molecule has 242 valence electrons. The summed E-state index contributed by atoms with van der Waals surface area (Å²) >= 11 is 12.5. The van der Waals surface area contributed by atoms with Crippen molar-refractivity contribution in [3.05, 3.63) is 98.8 Å². The van der Waals surface area contributed by atoms with Gasteiger partial charge < -0.3 is 9.80 Å². The highest BCUT2D eigenvalue weighted by Gasteiger charge is 2.47. The van der Waals surface area contributed by atoms with E-state index in [1.54, 1.807) is 12.1 Å². The van der Waals surface area contributed by atoms with E-state index in [-0.39, 0.29) is 23.4 Å². The lowest BCUT2D eigenvalue weighted by Gasteiger charge is -2.40. The molecule has 0 aromatic heterocycles. The van der Waals surface area contributed by atoms with Crippen LogP contribution in [0, 0.1) is 5.82 Å². The Balaban J connectivity index is 1.30. The van der Waals surface area contributed by atoms with E-state index in [4.69, 9.17) is 23.2 Å². The fourth-order valence-electron chi connectivity index (χ4n) is 6.49. The molecule has 1 saturated heterocycles. The Kier molecular flexibility index (Phi) is 9.48. The third-order valence-corrected chi connectivity index (χ3v) is 10.8. The largest absolute Gasteiger partial charge is 0.419 e. The van der Waals surface area contributed by atoms with Crippen molar-refractivity contribution in [1.29, 1.82) is 0 Å². The number of alkyl halides is 3. The number of halogens is 6. The number of nitrogens with zero attached hydrogens (tertiary/aromatic N) is 3. The second-order valence-corrected chi connectivity index (χ2v) is 14.7. The summed E-state index contributed by atoms with van der Waals surface area (Å²) in [7, 11) is -1.92. The monoisotopic (exact) mass is 685 g/mol. The minimum Gasteiger partial charge on any atom is -0.341 e. The van der Waals surface area contributed by atoms with Gasteiger partial charge in [-0.2, -0.15) is 13.2 Å². The zero-order valence-corrected chi connectivity index (χ0v) is 27.1. The number of rotatable bonds is 8. The molecule has 0 saturated carbocycles. The molecule has 2 aliphatic rings. The Morgan fingerprint density at radius 1 is 1.02 bits per heavy atom. The molecular weight excluding hydrogens is 653 g/mol. The molecule has 0 radical (unpaired) electrons. The van der Waals surface area contributed by atoms with Crippen molar-refractivity contribution in [3.63, 3.8) is 0 Å². The van der Waals surface area contributed by atoms with Crippen molar-refractivity contribution in [2.45, 2.75) is 36.8 Å². The van der Waals surface area contributed by atoms with Gasteiger partial charge in [0.15, 0.2) is 0 Å². The molecule has 1 spiro atoms. The van der Waals surface area contributed by atoms with E-state index in [9.17, 15) is 30.8 Å². The van der Waals surface area contributed by atoms with E-state index >= 15 is 0 Å². The molecule has 2 heterocycles. The van der Waals surface area contributed by atoms with Gasteiger partial charge in [0.05, 0.1) is 27.6 Å². The van der Waals surface area contributed by atoms with Crippen molar-refractivity contribution in [3.8, 4) is 0 Å². The second-order valence-electron chi connectivity index (χ2n) is 11.9. The fourth-order valence-corrected chi connectivity index (χ4v) is 7.80. The highest BCUT2D eigenvalue weighted by Crippen LogP contribution is 2.48. The van der Waals surface area contributed by atoms with Crippen LogP contribution in [0.2, 0.25) is 10.0 Å². The predicted octanol–water partition coefficient (Wildman–Crippen LogP) is 7.21. The fraction of sp³-hybridized carbons (Fsp3) is 0.406. The number of sulfonamides is 1. The molecule has 6 nitrogen and oxygen atoms in total. The summed E-state index contributed by atoms with van der Waals surface area (Å²) in [6, 6.07) is 15.1. The highest BCUT2D eigenvalue weighted by molar-refractivity contribution is 7.92. The van der Waals surface area contributed by atoms with Gasteiger partial charge in [-0.05, 0) is 86.4 Å². The lowest BCUT2D eigenvalue weighted by atomic mass is 9.74. The van der Waals surface area contributed by atoms with Crippen molar-refractivity contribution in [2.75, 3.05) is 50.3 Å². The minimum absolute atomic E-state index is 0.171. The molecule has 3 aromatic rings. The van der Waals surface area contributed by atoms with Gasteiger partial charge in [0.1, 0.15) is 5.82 Å². The van der Waals surface area contributed by atoms with E-state index in [0.29, 0.717) is 41.7 Å². The number of para-hydroxylation sites is 1. The molecular formula is C32H33Cl2F4N3O3S. The predicted molar refractivity (Wildman–Crippen MR) is 168 cm³/mol. The average Bonchev–Trinajstić information content (AvgIpc) is 3.31. The molecule has 13 heteroatoms. The van der Waals surface area contributed by atoms with Crippen LogP contribution in [0.25, 0.3) is 0 Å². The molecule has 45 heavy (non-hydrogen) atoms. The SMILES string of the molecule is CN(CC(CCN1CCC2(CC1)CN(S(C)(=O)=O)c1ccccc12)c1ccc(Cl)c(Cl)c1)C(=O)c1ccc(F)c(C(F)(F)F)c1. The second kappa shape index (κ2) is 12.7. The van der Waals surface area contributed by atoms with Crippen LogP contribution in [-0.4, -0.2) is 70.2 Å². The van der Waals surface area contributed by atoms with E-state index in [1.165, 1.54) is 22.5 Å². The third-order valence-electron chi connectivity index (χ3n) is 8.97. The highest BCUT2D eigenvalue weighted by atomic mass is 35.5. The Morgan fingerprint density at radius 2 is 1.71 bits per heavy atom. The molecule has 2 aliphatic heterocycles. The van der Waals surface area contributed by atoms with Crippen molar-refractivity contribution >= 4 is 44.8 Å². The maximum atomic E-state index is 13.8. The number of likely N-dealkylation sites (N-methyl/N-ethyl adjacent to an activating group) is 1. The first-order valence-electron chi connectivity index (χ1n) is 14.5. The van der Waals surface area contributed by atoms with Gasteiger partial charge >= 0.3 is 6.18 Å². The van der Waals surface area contributed by atoms with Gasteiger partial charge in [-0.3, -0.25) is 9.10 Å². The molecule has 1 unspecified atom stereocenters. The topological polar surface area (TPSA) is 60.9 Å². The first-order valence-corrected chi connectivity index (χ1v) is 17.1. The Bertz CT molecular complexity index is 1700. The zero-order valence-electron chi connectivity index (χ0n) is 24.8. The lowest BCUT2D eigenvalue weighted by Crippen LogP contribution is -2.46. The van der Waals surface area contributed by atoms with Crippen molar-refractivity contribution < 1.29 is 30.8 Å². The molecule has 1 atom stereocenters. The van der Waals surface area contributed by atoms with Crippen LogP contribution in [0.1, 0.15) is 52.2 Å². The molecule has 0 aliphatic carbocycles. The Morgan fingerprint density at radius 3 is 2.36 bits per heavy atom. The quantitative estimate of drug-likeness (QED) is 0.235.